The van der Waals surface area contributed by atoms with E-state index in [0.29, 0.717) is 18.0 Å². The third-order valence-electron chi connectivity index (χ3n) is 4.58. The predicted molar refractivity (Wildman–Crippen MR) is 113 cm³/mol. The molecule has 0 bridgehead atoms. The monoisotopic (exact) mass is 410 g/mol. The Bertz CT molecular complexity index is 1040. The molecule has 4 rings (SSSR count). The highest BCUT2D eigenvalue weighted by molar-refractivity contribution is 7.17. The summed E-state index contributed by atoms with van der Waals surface area (Å²) in [7, 11) is 1.56. The van der Waals surface area contributed by atoms with Crippen LogP contribution in [0.3, 0.4) is 0 Å². The maximum absolute atomic E-state index is 13.0. The van der Waals surface area contributed by atoms with Gasteiger partial charge in [-0.2, -0.15) is 0 Å². The molecule has 3 heterocycles. The van der Waals surface area contributed by atoms with Crippen molar-refractivity contribution in [3.63, 3.8) is 0 Å². The van der Waals surface area contributed by atoms with Gasteiger partial charge in [0.1, 0.15) is 6.61 Å². The number of carbonyl (C=O) groups is 1. The molecule has 1 amide bonds. The van der Waals surface area contributed by atoms with Crippen LogP contribution < -0.4 is 14.4 Å². The number of ether oxygens (including phenoxy) is 2. The van der Waals surface area contributed by atoms with Gasteiger partial charge in [-0.15, -0.1) is 11.3 Å². The van der Waals surface area contributed by atoms with Gasteiger partial charge in [0.25, 0.3) is 5.91 Å². The Morgan fingerprint density at radius 3 is 2.59 bits per heavy atom. The number of pyridine rings is 1. The maximum Gasteiger partial charge on any atom is 0.269 e. The fraction of sp³-hybridized carbons (Fsp3) is 0.273. The number of thiophene rings is 1. The Labute approximate surface area is 173 Å². The van der Waals surface area contributed by atoms with Crippen LogP contribution in [0.15, 0.2) is 48.8 Å². The van der Waals surface area contributed by atoms with Crippen LogP contribution in [-0.2, 0) is 6.54 Å². The zero-order valence-electron chi connectivity index (χ0n) is 16.5. The summed E-state index contributed by atoms with van der Waals surface area (Å²) in [5.74, 6) is 1.03. The van der Waals surface area contributed by atoms with Gasteiger partial charge in [0.15, 0.2) is 11.5 Å². The van der Waals surface area contributed by atoms with Crippen LogP contribution in [-0.4, -0.2) is 35.3 Å². The molecule has 0 aliphatic carbocycles. The lowest BCUT2D eigenvalue weighted by Crippen LogP contribution is -2.28. The Kier molecular flexibility index (Phi) is 5.02. The molecule has 1 N–H and O–H groups in total. The second-order valence-electron chi connectivity index (χ2n) is 7.53. The summed E-state index contributed by atoms with van der Waals surface area (Å²) in [6.07, 6.45) is 3.50. The lowest BCUT2D eigenvalue weighted by molar-refractivity contribution is 0.0276. The smallest absolute Gasteiger partial charge is 0.269 e. The van der Waals surface area contributed by atoms with Gasteiger partial charge in [-0.25, -0.2) is 0 Å². The van der Waals surface area contributed by atoms with E-state index in [0.717, 1.165) is 26.6 Å². The molecular formula is C22H22N2O4S. The average molecular weight is 410 g/mol. The Hall–Kier alpha value is -2.90. The van der Waals surface area contributed by atoms with Gasteiger partial charge in [-0.1, -0.05) is 0 Å². The first-order valence-electron chi connectivity index (χ1n) is 9.24. The molecule has 0 saturated heterocycles. The van der Waals surface area contributed by atoms with Crippen LogP contribution >= 0.6 is 11.3 Å². The van der Waals surface area contributed by atoms with E-state index >= 15 is 0 Å². The number of aliphatic hydroxyl groups is 1. The normalized spacial score (nSPS) is 13.5. The first-order valence-corrected chi connectivity index (χ1v) is 10.1. The lowest BCUT2D eigenvalue weighted by Gasteiger charge is -2.21. The van der Waals surface area contributed by atoms with Crippen LogP contribution in [0.1, 0.15) is 29.1 Å². The summed E-state index contributed by atoms with van der Waals surface area (Å²) in [5, 5.41) is 9.86. The van der Waals surface area contributed by atoms with Gasteiger partial charge >= 0.3 is 0 Å². The number of anilines is 1. The second-order valence-corrected chi connectivity index (χ2v) is 8.58. The molecule has 29 heavy (non-hydrogen) atoms. The minimum absolute atomic E-state index is 0.0162. The average Bonchev–Trinajstić information content (AvgIpc) is 3.26. The van der Waals surface area contributed by atoms with Gasteiger partial charge in [-0.05, 0) is 55.3 Å². The van der Waals surface area contributed by atoms with Crippen molar-refractivity contribution < 1.29 is 19.4 Å². The van der Waals surface area contributed by atoms with Gasteiger partial charge in [-0.3, -0.25) is 9.78 Å². The number of hydrogen-bond donors (Lipinski definition) is 1. The van der Waals surface area contributed by atoms with Crippen molar-refractivity contribution in [3.8, 4) is 21.9 Å². The molecule has 0 atom stereocenters. The van der Waals surface area contributed by atoms with Crippen molar-refractivity contribution in [1.29, 1.82) is 0 Å². The number of benzene rings is 1. The number of fused-ring (bicyclic) bond motifs is 1. The zero-order valence-corrected chi connectivity index (χ0v) is 17.3. The van der Waals surface area contributed by atoms with Gasteiger partial charge in [0.2, 0.25) is 0 Å². The molecular weight excluding hydrogens is 388 g/mol. The molecule has 6 nitrogen and oxygen atoms in total. The summed E-state index contributed by atoms with van der Waals surface area (Å²) in [6, 6.07) is 11.4. The standard InChI is InChI=1S/C22H22N2O4S/c1-22(2,26)13-28-17-5-4-16(11-18(17)27-3)24-12-15-10-19(29-20(15)21(24)25)14-6-8-23-9-7-14/h4-11,26H,12-13H2,1-3H3. The summed E-state index contributed by atoms with van der Waals surface area (Å²) in [4.78, 5) is 20.6. The highest BCUT2D eigenvalue weighted by Crippen LogP contribution is 2.40. The van der Waals surface area contributed by atoms with Gasteiger partial charge < -0.3 is 19.5 Å². The van der Waals surface area contributed by atoms with E-state index in [1.165, 1.54) is 11.3 Å². The number of rotatable bonds is 6. The van der Waals surface area contributed by atoms with E-state index < -0.39 is 5.60 Å². The molecule has 0 radical (unpaired) electrons. The fourth-order valence-corrected chi connectivity index (χ4v) is 4.28. The molecule has 3 aromatic rings. The molecule has 150 valence electrons. The van der Waals surface area contributed by atoms with E-state index in [4.69, 9.17) is 9.47 Å². The zero-order chi connectivity index (χ0) is 20.6. The first-order chi connectivity index (χ1) is 13.9. The van der Waals surface area contributed by atoms with E-state index in [1.54, 1.807) is 50.4 Å². The van der Waals surface area contributed by atoms with Crippen molar-refractivity contribution in [2.24, 2.45) is 0 Å². The summed E-state index contributed by atoms with van der Waals surface area (Å²) < 4.78 is 11.1. The fourth-order valence-electron chi connectivity index (χ4n) is 3.16. The molecule has 1 aliphatic rings. The molecule has 0 fully saturated rings. The van der Waals surface area contributed by atoms with Crippen molar-refractivity contribution in [2.45, 2.75) is 26.0 Å². The summed E-state index contributed by atoms with van der Waals surface area (Å²) in [6.45, 7) is 4.01. The number of methoxy groups -OCH3 is 1. The number of amides is 1. The van der Waals surface area contributed by atoms with E-state index in [1.807, 2.05) is 18.2 Å². The van der Waals surface area contributed by atoms with E-state index in [9.17, 15) is 9.90 Å². The van der Waals surface area contributed by atoms with Crippen LogP contribution in [0.25, 0.3) is 10.4 Å². The Morgan fingerprint density at radius 2 is 1.93 bits per heavy atom. The van der Waals surface area contributed by atoms with Crippen molar-refractivity contribution in [1.82, 2.24) is 4.98 Å². The minimum Gasteiger partial charge on any atom is -0.493 e. The molecule has 1 aliphatic heterocycles. The maximum atomic E-state index is 13.0. The number of nitrogens with zero attached hydrogens (tertiary/aromatic N) is 2. The Morgan fingerprint density at radius 1 is 1.17 bits per heavy atom. The lowest BCUT2D eigenvalue weighted by atomic mass is 10.2. The van der Waals surface area contributed by atoms with E-state index in [2.05, 4.69) is 11.1 Å². The SMILES string of the molecule is COc1cc(N2Cc3cc(-c4ccncc4)sc3C2=O)ccc1OCC(C)(C)O. The van der Waals surface area contributed by atoms with Crippen molar-refractivity contribution in [2.75, 3.05) is 18.6 Å². The number of hydrogen-bond acceptors (Lipinski definition) is 6. The van der Waals surface area contributed by atoms with Crippen molar-refractivity contribution >= 4 is 22.9 Å². The number of carbonyl (C=O) groups excluding carboxylic acids is 1. The molecule has 0 spiro atoms. The molecule has 0 unspecified atom stereocenters. The van der Waals surface area contributed by atoms with Crippen molar-refractivity contribution in [3.05, 3.63) is 59.2 Å². The van der Waals surface area contributed by atoms with Crippen LogP contribution in [0.5, 0.6) is 11.5 Å². The second kappa shape index (κ2) is 7.50. The van der Waals surface area contributed by atoms with Crippen LogP contribution in [0, 0.1) is 0 Å². The summed E-state index contributed by atoms with van der Waals surface area (Å²) >= 11 is 1.50. The Balaban J connectivity index is 1.56. The molecule has 1 aromatic carbocycles. The predicted octanol–water partition coefficient (Wildman–Crippen LogP) is 4.13. The summed E-state index contributed by atoms with van der Waals surface area (Å²) in [5.41, 5.74) is 1.88. The third kappa shape index (κ3) is 3.97. The highest BCUT2D eigenvalue weighted by atomic mass is 32.1. The topological polar surface area (TPSA) is 71.9 Å². The van der Waals surface area contributed by atoms with Crippen LogP contribution in [0.2, 0.25) is 0 Å². The van der Waals surface area contributed by atoms with Crippen LogP contribution in [0.4, 0.5) is 5.69 Å². The van der Waals surface area contributed by atoms with E-state index in [-0.39, 0.29) is 12.5 Å². The minimum atomic E-state index is -0.949. The largest absolute Gasteiger partial charge is 0.493 e. The molecule has 2 aromatic heterocycles. The van der Waals surface area contributed by atoms with Gasteiger partial charge in [0.05, 0.1) is 24.1 Å². The number of aromatic nitrogens is 1. The quantitative estimate of drug-likeness (QED) is 0.662. The highest BCUT2D eigenvalue weighted by Gasteiger charge is 2.32. The van der Waals surface area contributed by atoms with Gasteiger partial charge in [0, 0.05) is 29.0 Å². The third-order valence-corrected chi connectivity index (χ3v) is 5.80. The molecule has 0 saturated carbocycles. The molecule has 7 heteroatoms. The first kappa shape index (κ1) is 19.4.